The third-order valence-corrected chi connectivity index (χ3v) is 5.79. The standard InChI is InChI=1S/C20H16N6O4S/c1-24-17-16(18(28)25(2)20(24)29)26(10-21-17)8-15(27)23-19-22-13(9-31-19)11-3-4-14-12(7-11)5-6-30-14/h3-7,9-10H,8H2,1-2H3,(H,22,23,27). The summed E-state index contributed by atoms with van der Waals surface area (Å²) in [5, 5.41) is 6.02. The van der Waals surface area contributed by atoms with Crippen LogP contribution in [0, 0.1) is 0 Å². The van der Waals surface area contributed by atoms with Crippen LogP contribution in [0.2, 0.25) is 0 Å². The van der Waals surface area contributed by atoms with Gasteiger partial charge in [-0.25, -0.2) is 14.8 Å². The van der Waals surface area contributed by atoms with E-state index in [0.717, 1.165) is 26.8 Å². The van der Waals surface area contributed by atoms with E-state index >= 15 is 0 Å². The molecule has 0 saturated carbocycles. The van der Waals surface area contributed by atoms with Crippen molar-refractivity contribution in [3.8, 4) is 11.3 Å². The maximum Gasteiger partial charge on any atom is 0.332 e. The number of furan rings is 1. The maximum atomic E-state index is 12.6. The van der Waals surface area contributed by atoms with E-state index in [-0.39, 0.29) is 23.6 Å². The van der Waals surface area contributed by atoms with E-state index in [1.807, 2.05) is 29.6 Å². The molecule has 4 aromatic heterocycles. The Kier molecular flexibility index (Phi) is 4.33. The molecule has 1 amide bonds. The zero-order chi connectivity index (χ0) is 21.7. The zero-order valence-corrected chi connectivity index (χ0v) is 17.3. The molecule has 0 unspecified atom stereocenters. The van der Waals surface area contributed by atoms with Crippen molar-refractivity contribution in [3.05, 3.63) is 63.1 Å². The number of aryl methyl sites for hydroxylation is 1. The first-order chi connectivity index (χ1) is 14.9. The van der Waals surface area contributed by atoms with Crippen molar-refractivity contribution < 1.29 is 9.21 Å². The minimum absolute atomic E-state index is 0.139. The number of aromatic nitrogens is 5. The molecule has 0 spiro atoms. The van der Waals surface area contributed by atoms with E-state index in [1.165, 1.54) is 40.9 Å². The highest BCUT2D eigenvalue weighted by Crippen LogP contribution is 2.28. The Bertz CT molecular complexity index is 1580. The number of carbonyl (C=O) groups excluding carboxylic acids is 1. The molecule has 0 fully saturated rings. The van der Waals surface area contributed by atoms with Gasteiger partial charge in [-0.2, -0.15) is 0 Å². The Morgan fingerprint density at radius 3 is 2.87 bits per heavy atom. The molecule has 11 heteroatoms. The molecule has 0 radical (unpaired) electrons. The van der Waals surface area contributed by atoms with Crippen LogP contribution in [0.1, 0.15) is 0 Å². The molecule has 0 aliphatic rings. The summed E-state index contributed by atoms with van der Waals surface area (Å²) in [5.74, 6) is -0.360. The molecular formula is C20H16N6O4S. The number of hydrogen-bond acceptors (Lipinski definition) is 7. The topological polar surface area (TPSA) is 117 Å². The second-order valence-electron chi connectivity index (χ2n) is 7.01. The lowest BCUT2D eigenvalue weighted by atomic mass is 10.1. The van der Waals surface area contributed by atoms with E-state index in [2.05, 4.69) is 15.3 Å². The lowest BCUT2D eigenvalue weighted by Gasteiger charge is -2.06. The minimum atomic E-state index is -0.505. The van der Waals surface area contributed by atoms with Crippen LogP contribution in [0.3, 0.4) is 0 Å². The monoisotopic (exact) mass is 436 g/mol. The van der Waals surface area contributed by atoms with Crippen molar-refractivity contribution in [2.75, 3.05) is 5.32 Å². The first-order valence-electron chi connectivity index (χ1n) is 9.26. The maximum absolute atomic E-state index is 12.6. The number of fused-ring (bicyclic) bond motifs is 2. The summed E-state index contributed by atoms with van der Waals surface area (Å²) < 4.78 is 9.04. The number of imidazole rings is 1. The predicted molar refractivity (Wildman–Crippen MR) is 116 cm³/mol. The molecule has 0 aliphatic heterocycles. The molecule has 5 aromatic rings. The van der Waals surface area contributed by atoms with Gasteiger partial charge in [0.05, 0.1) is 18.3 Å². The summed E-state index contributed by atoms with van der Waals surface area (Å²) in [6.45, 7) is -0.139. The Labute approximate surface area is 178 Å². The van der Waals surface area contributed by atoms with Gasteiger partial charge in [0.2, 0.25) is 5.91 Å². The Hall–Kier alpha value is -3.99. The summed E-state index contributed by atoms with van der Waals surface area (Å²) in [4.78, 5) is 45.7. The number of carbonyl (C=O) groups is 1. The van der Waals surface area contributed by atoms with Gasteiger partial charge in [-0.3, -0.25) is 18.7 Å². The molecule has 0 bridgehead atoms. The van der Waals surface area contributed by atoms with Gasteiger partial charge in [0.15, 0.2) is 16.3 Å². The fourth-order valence-corrected chi connectivity index (χ4v) is 4.16. The van der Waals surface area contributed by atoms with E-state index < -0.39 is 11.2 Å². The highest BCUT2D eigenvalue weighted by molar-refractivity contribution is 7.14. The van der Waals surface area contributed by atoms with Gasteiger partial charge in [0.1, 0.15) is 12.1 Å². The quantitative estimate of drug-likeness (QED) is 0.460. The lowest BCUT2D eigenvalue weighted by molar-refractivity contribution is -0.116. The number of thiazole rings is 1. The molecule has 156 valence electrons. The fraction of sp³-hybridized carbons (Fsp3) is 0.150. The average Bonchev–Trinajstić information content (AvgIpc) is 3.49. The van der Waals surface area contributed by atoms with Gasteiger partial charge >= 0.3 is 5.69 Å². The average molecular weight is 436 g/mol. The highest BCUT2D eigenvalue weighted by Gasteiger charge is 2.16. The highest BCUT2D eigenvalue weighted by atomic mass is 32.1. The summed E-state index contributed by atoms with van der Waals surface area (Å²) in [6.07, 6.45) is 3.00. The molecule has 4 heterocycles. The first kappa shape index (κ1) is 19.0. The molecule has 1 N–H and O–H groups in total. The molecule has 0 saturated heterocycles. The van der Waals surface area contributed by atoms with Gasteiger partial charge in [0.25, 0.3) is 5.56 Å². The number of anilines is 1. The third kappa shape index (κ3) is 3.15. The van der Waals surface area contributed by atoms with Crippen LogP contribution in [0.15, 0.2) is 56.2 Å². The molecule has 5 rings (SSSR count). The van der Waals surface area contributed by atoms with Gasteiger partial charge in [0, 0.05) is 30.4 Å². The van der Waals surface area contributed by atoms with E-state index in [9.17, 15) is 14.4 Å². The van der Waals surface area contributed by atoms with Crippen molar-refractivity contribution in [1.29, 1.82) is 0 Å². The van der Waals surface area contributed by atoms with E-state index in [1.54, 1.807) is 6.26 Å². The number of benzene rings is 1. The fourth-order valence-electron chi connectivity index (χ4n) is 3.42. The number of nitrogens with zero attached hydrogens (tertiary/aromatic N) is 5. The molecular weight excluding hydrogens is 420 g/mol. The minimum Gasteiger partial charge on any atom is -0.464 e. The smallest absolute Gasteiger partial charge is 0.332 e. The van der Waals surface area contributed by atoms with Crippen molar-refractivity contribution in [2.45, 2.75) is 6.54 Å². The second kappa shape index (κ2) is 7.06. The summed E-state index contributed by atoms with van der Waals surface area (Å²) in [6, 6.07) is 7.63. The van der Waals surface area contributed by atoms with Crippen molar-refractivity contribution >= 4 is 44.5 Å². The second-order valence-corrected chi connectivity index (χ2v) is 7.87. The molecule has 0 atom stereocenters. The zero-order valence-electron chi connectivity index (χ0n) is 16.5. The van der Waals surface area contributed by atoms with Crippen LogP contribution in [0.25, 0.3) is 33.4 Å². The Balaban J connectivity index is 1.38. The van der Waals surface area contributed by atoms with E-state index in [4.69, 9.17) is 4.42 Å². The number of nitrogens with one attached hydrogen (secondary N) is 1. The SMILES string of the molecule is Cn1c(=O)c2c(ncn2CC(=O)Nc2nc(-c3ccc4occc4c3)cs2)n(C)c1=O. The predicted octanol–water partition coefficient (Wildman–Crippen LogP) is 1.94. The molecule has 1 aromatic carbocycles. The molecule has 0 aliphatic carbocycles. The van der Waals surface area contributed by atoms with Crippen LogP contribution in [-0.4, -0.2) is 29.6 Å². The van der Waals surface area contributed by atoms with Crippen LogP contribution in [0.4, 0.5) is 5.13 Å². The summed E-state index contributed by atoms with van der Waals surface area (Å²) >= 11 is 1.30. The molecule has 10 nitrogen and oxygen atoms in total. The van der Waals surface area contributed by atoms with Crippen LogP contribution < -0.4 is 16.6 Å². The van der Waals surface area contributed by atoms with Crippen LogP contribution in [-0.2, 0) is 25.4 Å². The van der Waals surface area contributed by atoms with Gasteiger partial charge in [-0.15, -0.1) is 11.3 Å². The summed E-state index contributed by atoms with van der Waals surface area (Å²) in [7, 11) is 2.92. The summed E-state index contributed by atoms with van der Waals surface area (Å²) in [5.41, 5.74) is 1.88. The van der Waals surface area contributed by atoms with Gasteiger partial charge < -0.3 is 14.3 Å². The number of rotatable bonds is 4. The van der Waals surface area contributed by atoms with Crippen molar-refractivity contribution in [1.82, 2.24) is 23.7 Å². The molecule has 31 heavy (non-hydrogen) atoms. The third-order valence-electron chi connectivity index (χ3n) is 5.03. The van der Waals surface area contributed by atoms with Crippen LogP contribution >= 0.6 is 11.3 Å². The Morgan fingerprint density at radius 1 is 1.19 bits per heavy atom. The van der Waals surface area contributed by atoms with Crippen LogP contribution in [0.5, 0.6) is 0 Å². The van der Waals surface area contributed by atoms with Gasteiger partial charge in [-0.1, -0.05) is 0 Å². The van der Waals surface area contributed by atoms with Crippen molar-refractivity contribution in [2.24, 2.45) is 14.1 Å². The normalized spacial score (nSPS) is 11.4. The number of amides is 1. The first-order valence-corrected chi connectivity index (χ1v) is 10.1. The van der Waals surface area contributed by atoms with Crippen molar-refractivity contribution in [3.63, 3.8) is 0 Å². The van der Waals surface area contributed by atoms with E-state index in [0.29, 0.717) is 5.13 Å². The Morgan fingerprint density at radius 2 is 2.03 bits per heavy atom. The number of hydrogen-bond donors (Lipinski definition) is 1. The largest absolute Gasteiger partial charge is 0.464 e. The lowest BCUT2D eigenvalue weighted by Crippen LogP contribution is -2.37. The van der Waals surface area contributed by atoms with Gasteiger partial charge in [-0.05, 0) is 24.3 Å².